The molecule has 5 heteroatoms. The summed E-state index contributed by atoms with van der Waals surface area (Å²) in [6, 6.07) is 8.76. The van der Waals surface area contributed by atoms with Crippen LogP contribution in [-0.4, -0.2) is 25.7 Å². The Hall–Kier alpha value is -2.69. The molecule has 0 aliphatic rings. The van der Waals surface area contributed by atoms with Gasteiger partial charge < -0.3 is 5.11 Å². The molecule has 0 amide bonds. The highest BCUT2D eigenvalue weighted by Gasteiger charge is 2.15. The van der Waals surface area contributed by atoms with Gasteiger partial charge in [-0.2, -0.15) is 0 Å². The lowest BCUT2D eigenvalue weighted by Crippen LogP contribution is -2.08. The Balaban J connectivity index is 2.36. The molecule has 0 unspecified atom stereocenters. The van der Waals surface area contributed by atoms with Gasteiger partial charge in [0.25, 0.3) is 0 Å². The normalized spacial score (nSPS) is 10.7. The largest absolute Gasteiger partial charge is 0.464 e. The third kappa shape index (κ3) is 1.53. The predicted molar refractivity (Wildman–Crippen MR) is 66.4 cm³/mol. The SMILES string of the molecule is O=C(O)n1c(-c2ccncc2)cc2ncccc21. The molecule has 0 saturated heterocycles. The molecule has 3 aromatic heterocycles. The third-order valence-corrected chi connectivity index (χ3v) is 2.74. The fourth-order valence-electron chi connectivity index (χ4n) is 1.97. The Morgan fingerprint density at radius 3 is 2.67 bits per heavy atom. The average molecular weight is 239 g/mol. The molecule has 0 radical (unpaired) electrons. The van der Waals surface area contributed by atoms with Crippen molar-refractivity contribution in [3.8, 4) is 11.3 Å². The van der Waals surface area contributed by atoms with E-state index in [1.807, 2.05) is 0 Å². The highest BCUT2D eigenvalue weighted by Crippen LogP contribution is 2.26. The van der Waals surface area contributed by atoms with Crippen LogP contribution in [0.15, 0.2) is 48.9 Å². The number of rotatable bonds is 1. The predicted octanol–water partition coefficient (Wildman–Crippen LogP) is 2.62. The number of carboxylic acid groups (broad SMARTS) is 1. The first-order chi connectivity index (χ1) is 8.77. The molecule has 0 atom stereocenters. The van der Waals surface area contributed by atoms with E-state index in [2.05, 4.69) is 9.97 Å². The van der Waals surface area contributed by atoms with Gasteiger partial charge in [0.1, 0.15) is 0 Å². The quantitative estimate of drug-likeness (QED) is 0.708. The van der Waals surface area contributed by atoms with Crippen molar-refractivity contribution in [3.63, 3.8) is 0 Å². The molecule has 0 fully saturated rings. The Labute approximate surface area is 102 Å². The van der Waals surface area contributed by atoms with Crippen LogP contribution >= 0.6 is 0 Å². The van der Waals surface area contributed by atoms with Crippen LogP contribution < -0.4 is 0 Å². The van der Waals surface area contributed by atoms with Crippen LogP contribution in [0.25, 0.3) is 22.3 Å². The van der Waals surface area contributed by atoms with E-state index in [0.29, 0.717) is 16.7 Å². The maximum atomic E-state index is 11.4. The molecular weight excluding hydrogens is 230 g/mol. The topological polar surface area (TPSA) is 68.0 Å². The maximum Gasteiger partial charge on any atom is 0.416 e. The Morgan fingerprint density at radius 2 is 1.94 bits per heavy atom. The summed E-state index contributed by atoms with van der Waals surface area (Å²) in [5.41, 5.74) is 2.63. The number of pyridine rings is 2. The fourth-order valence-corrected chi connectivity index (χ4v) is 1.97. The minimum absolute atomic E-state index is 0.580. The second kappa shape index (κ2) is 3.96. The molecular formula is C13H9N3O2. The number of fused-ring (bicyclic) bond motifs is 1. The van der Waals surface area contributed by atoms with Crippen molar-refractivity contribution in [2.75, 3.05) is 0 Å². The number of hydrogen-bond acceptors (Lipinski definition) is 3. The van der Waals surface area contributed by atoms with Crippen LogP contribution in [-0.2, 0) is 0 Å². The summed E-state index contributed by atoms with van der Waals surface area (Å²) in [6.45, 7) is 0. The van der Waals surface area contributed by atoms with E-state index in [4.69, 9.17) is 0 Å². The van der Waals surface area contributed by atoms with E-state index < -0.39 is 6.09 Å². The molecule has 0 aliphatic heterocycles. The van der Waals surface area contributed by atoms with E-state index in [9.17, 15) is 9.90 Å². The van der Waals surface area contributed by atoms with E-state index in [0.717, 1.165) is 5.56 Å². The standard InChI is InChI=1S/C13H9N3O2/c17-13(18)16-11-2-1-5-15-10(11)8-12(16)9-3-6-14-7-4-9/h1-8H,(H,17,18). The monoisotopic (exact) mass is 239 g/mol. The number of hydrogen-bond donors (Lipinski definition) is 1. The van der Waals surface area contributed by atoms with E-state index in [1.54, 1.807) is 48.9 Å². The van der Waals surface area contributed by atoms with Crippen LogP contribution in [0.3, 0.4) is 0 Å². The van der Waals surface area contributed by atoms with E-state index in [-0.39, 0.29) is 0 Å². The summed E-state index contributed by atoms with van der Waals surface area (Å²) >= 11 is 0. The number of carbonyl (C=O) groups is 1. The highest BCUT2D eigenvalue weighted by molar-refractivity contribution is 5.93. The molecule has 0 bridgehead atoms. The molecule has 3 rings (SSSR count). The summed E-state index contributed by atoms with van der Waals surface area (Å²) in [6.07, 6.45) is 3.88. The Kier molecular flexibility index (Phi) is 2.30. The first-order valence-electron chi connectivity index (χ1n) is 5.37. The van der Waals surface area contributed by atoms with Gasteiger partial charge in [-0.05, 0) is 30.3 Å². The number of nitrogens with zero attached hydrogens (tertiary/aromatic N) is 3. The third-order valence-electron chi connectivity index (χ3n) is 2.74. The van der Waals surface area contributed by atoms with Crippen LogP contribution in [0.5, 0.6) is 0 Å². The molecule has 5 nitrogen and oxygen atoms in total. The molecule has 18 heavy (non-hydrogen) atoms. The van der Waals surface area contributed by atoms with Gasteiger partial charge in [-0.3, -0.25) is 9.97 Å². The van der Waals surface area contributed by atoms with Crippen molar-refractivity contribution in [3.05, 3.63) is 48.9 Å². The summed E-state index contributed by atoms with van der Waals surface area (Å²) < 4.78 is 1.23. The molecule has 0 spiro atoms. The zero-order valence-corrected chi connectivity index (χ0v) is 9.32. The molecule has 3 heterocycles. The zero-order chi connectivity index (χ0) is 12.5. The molecule has 0 aromatic carbocycles. The second-order valence-corrected chi connectivity index (χ2v) is 3.79. The molecule has 3 aromatic rings. The van der Waals surface area contributed by atoms with Gasteiger partial charge in [-0.1, -0.05) is 0 Å². The van der Waals surface area contributed by atoms with Gasteiger partial charge in [-0.15, -0.1) is 0 Å². The maximum absolute atomic E-state index is 11.4. The zero-order valence-electron chi connectivity index (χ0n) is 9.32. The van der Waals surface area contributed by atoms with Gasteiger partial charge in [0.15, 0.2) is 0 Å². The minimum Gasteiger partial charge on any atom is -0.464 e. The minimum atomic E-state index is -1.02. The van der Waals surface area contributed by atoms with Gasteiger partial charge in [-0.25, -0.2) is 9.36 Å². The smallest absolute Gasteiger partial charge is 0.416 e. The van der Waals surface area contributed by atoms with Gasteiger partial charge in [0.2, 0.25) is 0 Å². The average Bonchev–Trinajstić information content (AvgIpc) is 2.79. The molecule has 0 aliphatic carbocycles. The summed E-state index contributed by atoms with van der Waals surface area (Å²) in [4.78, 5) is 19.5. The number of aromatic nitrogens is 3. The van der Waals surface area contributed by atoms with E-state index >= 15 is 0 Å². The second-order valence-electron chi connectivity index (χ2n) is 3.79. The van der Waals surface area contributed by atoms with E-state index in [1.165, 1.54) is 4.57 Å². The first kappa shape index (κ1) is 10.5. The summed E-state index contributed by atoms with van der Waals surface area (Å²) in [5.74, 6) is 0. The van der Waals surface area contributed by atoms with Gasteiger partial charge >= 0.3 is 6.09 Å². The highest BCUT2D eigenvalue weighted by atomic mass is 16.4. The van der Waals surface area contributed by atoms with Gasteiger partial charge in [0, 0.05) is 24.2 Å². The molecule has 1 N–H and O–H groups in total. The van der Waals surface area contributed by atoms with Crippen molar-refractivity contribution in [2.24, 2.45) is 0 Å². The fraction of sp³-hybridized carbons (Fsp3) is 0. The van der Waals surface area contributed by atoms with Crippen molar-refractivity contribution in [2.45, 2.75) is 0 Å². The lowest BCUT2D eigenvalue weighted by atomic mass is 10.2. The molecule has 0 saturated carbocycles. The van der Waals surface area contributed by atoms with Crippen LogP contribution in [0.1, 0.15) is 0 Å². The Morgan fingerprint density at radius 1 is 1.17 bits per heavy atom. The summed E-state index contributed by atoms with van der Waals surface area (Å²) in [5, 5.41) is 9.33. The lowest BCUT2D eigenvalue weighted by Gasteiger charge is -2.04. The van der Waals surface area contributed by atoms with Crippen molar-refractivity contribution in [1.82, 2.24) is 14.5 Å². The van der Waals surface area contributed by atoms with Crippen LogP contribution in [0, 0.1) is 0 Å². The molecule has 88 valence electrons. The van der Waals surface area contributed by atoms with Crippen LogP contribution in [0.2, 0.25) is 0 Å². The van der Waals surface area contributed by atoms with Crippen molar-refractivity contribution < 1.29 is 9.90 Å². The lowest BCUT2D eigenvalue weighted by molar-refractivity contribution is 0.198. The van der Waals surface area contributed by atoms with Crippen molar-refractivity contribution in [1.29, 1.82) is 0 Å². The van der Waals surface area contributed by atoms with Crippen LogP contribution in [0.4, 0.5) is 4.79 Å². The Bertz CT molecular complexity index is 719. The van der Waals surface area contributed by atoms with Gasteiger partial charge in [0.05, 0.1) is 16.7 Å². The van der Waals surface area contributed by atoms with Crippen molar-refractivity contribution >= 4 is 17.1 Å². The summed E-state index contributed by atoms with van der Waals surface area (Å²) in [7, 11) is 0. The first-order valence-corrected chi connectivity index (χ1v) is 5.37.